The van der Waals surface area contributed by atoms with E-state index in [-0.39, 0.29) is 5.91 Å². The van der Waals surface area contributed by atoms with Crippen LogP contribution in [0, 0.1) is 0 Å². The smallest absolute Gasteiger partial charge is 0.220 e. The Bertz CT molecular complexity index is 217. The summed E-state index contributed by atoms with van der Waals surface area (Å²) in [5, 5.41) is 2.80. The van der Waals surface area contributed by atoms with E-state index in [0.717, 1.165) is 19.3 Å². The number of Topliss-reactive ketones (excluding diaryl/α,β-unsaturated/α-hetero) is 1. The molecule has 0 atom stereocenters. The molecule has 0 aliphatic carbocycles. The molecular weight excluding hydrogens is 218 g/mol. The summed E-state index contributed by atoms with van der Waals surface area (Å²) < 4.78 is 5.11. The Balaban J connectivity index is 3.24. The van der Waals surface area contributed by atoms with E-state index in [1.54, 1.807) is 0 Å². The third-order valence-corrected chi connectivity index (χ3v) is 2.53. The molecule has 0 saturated heterocycles. The summed E-state index contributed by atoms with van der Waals surface area (Å²) in [6.07, 6.45) is 4.54. The minimum Gasteiger partial charge on any atom is -0.380 e. The molecule has 0 aliphatic rings. The lowest BCUT2D eigenvalue weighted by molar-refractivity contribution is -0.121. The second-order valence-electron chi connectivity index (χ2n) is 4.00. The fraction of sp³-hybridized carbons (Fsp3) is 0.846. The van der Waals surface area contributed by atoms with Crippen LogP contribution in [0.1, 0.15) is 52.4 Å². The molecule has 0 fully saturated rings. The highest BCUT2D eigenvalue weighted by Crippen LogP contribution is 2.04. The average Bonchev–Trinajstić information content (AvgIpc) is 2.34. The van der Waals surface area contributed by atoms with E-state index in [1.165, 1.54) is 0 Å². The van der Waals surface area contributed by atoms with E-state index in [0.29, 0.717) is 44.8 Å². The number of ether oxygens (including phenoxy) is 1. The monoisotopic (exact) mass is 243 g/mol. The fourth-order valence-corrected chi connectivity index (χ4v) is 1.46. The second kappa shape index (κ2) is 11.6. The van der Waals surface area contributed by atoms with Crippen LogP contribution in [0.3, 0.4) is 0 Å². The largest absolute Gasteiger partial charge is 0.380 e. The summed E-state index contributed by atoms with van der Waals surface area (Å²) in [5.74, 6) is 0.387. The molecule has 100 valence electrons. The second-order valence-corrected chi connectivity index (χ2v) is 4.00. The average molecular weight is 243 g/mol. The van der Waals surface area contributed by atoms with Crippen molar-refractivity contribution in [3.8, 4) is 0 Å². The predicted molar refractivity (Wildman–Crippen MR) is 67.9 cm³/mol. The van der Waals surface area contributed by atoms with Gasteiger partial charge in [-0.2, -0.15) is 0 Å². The van der Waals surface area contributed by atoms with Crippen LogP contribution in [0.25, 0.3) is 0 Å². The number of hydrogen-bond acceptors (Lipinski definition) is 3. The van der Waals surface area contributed by atoms with Crippen molar-refractivity contribution in [3.05, 3.63) is 0 Å². The van der Waals surface area contributed by atoms with Crippen molar-refractivity contribution in [1.29, 1.82) is 0 Å². The van der Waals surface area contributed by atoms with Crippen LogP contribution in [0.4, 0.5) is 0 Å². The van der Waals surface area contributed by atoms with Gasteiger partial charge in [0, 0.05) is 32.4 Å². The van der Waals surface area contributed by atoms with Gasteiger partial charge in [0.1, 0.15) is 5.78 Å². The van der Waals surface area contributed by atoms with Crippen LogP contribution in [0.15, 0.2) is 0 Å². The lowest BCUT2D eigenvalue weighted by Crippen LogP contribution is -2.26. The molecule has 4 heteroatoms. The van der Waals surface area contributed by atoms with Gasteiger partial charge in [0.25, 0.3) is 0 Å². The minimum absolute atomic E-state index is 0.0755. The number of rotatable bonds is 11. The maximum absolute atomic E-state index is 11.3. The highest BCUT2D eigenvalue weighted by atomic mass is 16.5. The Morgan fingerprint density at radius 3 is 2.41 bits per heavy atom. The number of nitrogens with one attached hydrogen (secondary N) is 1. The summed E-state index contributed by atoms with van der Waals surface area (Å²) >= 11 is 0. The molecule has 1 N–H and O–H groups in total. The molecule has 0 aromatic heterocycles. The fourth-order valence-electron chi connectivity index (χ4n) is 1.46. The van der Waals surface area contributed by atoms with Gasteiger partial charge in [-0.3, -0.25) is 9.59 Å². The molecule has 17 heavy (non-hydrogen) atoms. The van der Waals surface area contributed by atoms with Gasteiger partial charge >= 0.3 is 0 Å². The number of carbonyl (C=O) groups excluding carboxylic acids is 2. The molecule has 0 spiro atoms. The standard InChI is InChI=1S/C13H25NO3/c1-3-12(15)8-6-5-7-9-13(16)14-10-11-17-4-2/h3-11H2,1-2H3,(H,14,16). The van der Waals surface area contributed by atoms with Gasteiger partial charge in [0.15, 0.2) is 0 Å². The quantitative estimate of drug-likeness (QED) is 0.565. The maximum Gasteiger partial charge on any atom is 0.220 e. The molecule has 0 heterocycles. The van der Waals surface area contributed by atoms with Gasteiger partial charge < -0.3 is 10.1 Å². The Morgan fingerprint density at radius 2 is 1.76 bits per heavy atom. The molecule has 4 nitrogen and oxygen atoms in total. The van der Waals surface area contributed by atoms with Gasteiger partial charge in [-0.05, 0) is 19.8 Å². The van der Waals surface area contributed by atoms with Crippen LogP contribution >= 0.6 is 0 Å². The van der Waals surface area contributed by atoms with Crippen molar-refractivity contribution >= 4 is 11.7 Å². The van der Waals surface area contributed by atoms with Gasteiger partial charge in [-0.1, -0.05) is 13.3 Å². The number of amides is 1. The van der Waals surface area contributed by atoms with Crippen LogP contribution in [0.2, 0.25) is 0 Å². The van der Waals surface area contributed by atoms with E-state index in [2.05, 4.69) is 5.32 Å². The van der Waals surface area contributed by atoms with Crippen LogP contribution < -0.4 is 5.32 Å². The molecule has 0 aromatic carbocycles. The summed E-state index contributed by atoms with van der Waals surface area (Å²) in [4.78, 5) is 22.3. The van der Waals surface area contributed by atoms with Crippen molar-refractivity contribution in [2.24, 2.45) is 0 Å². The van der Waals surface area contributed by atoms with E-state index in [9.17, 15) is 9.59 Å². The zero-order valence-electron chi connectivity index (χ0n) is 11.1. The summed E-state index contributed by atoms with van der Waals surface area (Å²) in [6.45, 7) is 5.66. The highest BCUT2D eigenvalue weighted by molar-refractivity contribution is 5.78. The molecular formula is C13H25NO3. The first-order chi connectivity index (χ1) is 8.20. The van der Waals surface area contributed by atoms with Gasteiger partial charge in [-0.25, -0.2) is 0 Å². The van der Waals surface area contributed by atoms with E-state index >= 15 is 0 Å². The Hall–Kier alpha value is -0.900. The molecule has 0 unspecified atom stereocenters. The highest BCUT2D eigenvalue weighted by Gasteiger charge is 2.01. The number of carbonyl (C=O) groups is 2. The normalized spacial score (nSPS) is 10.2. The van der Waals surface area contributed by atoms with E-state index < -0.39 is 0 Å². The summed E-state index contributed by atoms with van der Waals surface area (Å²) in [6, 6.07) is 0. The van der Waals surface area contributed by atoms with E-state index in [4.69, 9.17) is 4.74 Å². The Labute approximate surface area is 104 Å². The van der Waals surface area contributed by atoms with Crippen molar-refractivity contribution < 1.29 is 14.3 Å². The molecule has 0 aliphatic heterocycles. The first-order valence-electron chi connectivity index (χ1n) is 6.56. The zero-order valence-corrected chi connectivity index (χ0v) is 11.1. The molecule has 0 saturated carbocycles. The van der Waals surface area contributed by atoms with E-state index in [1.807, 2.05) is 13.8 Å². The molecule has 0 rings (SSSR count). The third-order valence-electron chi connectivity index (χ3n) is 2.53. The molecule has 0 aromatic rings. The molecule has 0 bridgehead atoms. The third kappa shape index (κ3) is 11.4. The number of ketones is 1. The number of unbranched alkanes of at least 4 members (excludes halogenated alkanes) is 2. The predicted octanol–water partition coefficient (Wildman–Crippen LogP) is 2.07. The zero-order chi connectivity index (χ0) is 12.9. The van der Waals surface area contributed by atoms with Crippen LogP contribution in [-0.2, 0) is 14.3 Å². The number of hydrogen-bond donors (Lipinski definition) is 1. The van der Waals surface area contributed by atoms with Gasteiger partial charge in [0.2, 0.25) is 5.91 Å². The first kappa shape index (κ1) is 16.1. The summed E-state index contributed by atoms with van der Waals surface area (Å²) in [7, 11) is 0. The van der Waals surface area contributed by atoms with Crippen molar-refractivity contribution in [2.45, 2.75) is 52.4 Å². The van der Waals surface area contributed by atoms with Gasteiger partial charge in [0.05, 0.1) is 6.61 Å². The molecule has 1 amide bonds. The topological polar surface area (TPSA) is 55.4 Å². The van der Waals surface area contributed by atoms with Crippen LogP contribution in [0.5, 0.6) is 0 Å². The SMILES string of the molecule is CCOCCNC(=O)CCCCCC(=O)CC. The minimum atomic E-state index is 0.0755. The lowest BCUT2D eigenvalue weighted by atomic mass is 10.1. The van der Waals surface area contributed by atoms with Crippen LogP contribution in [-0.4, -0.2) is 31.4 Å². The van der Waals surface area contributed by atoms with Crippen molar-refractivity contribution in [2.75, 3.05) is 19.8 Å². The maximum atomic E-state index is 11.3. The summed E-state index contributed by atoms with van der Waals surface area (Å²) in [5.41, 5.74) is 0. The first-order valence-corrected chi connectivity index (χ1v) is 6.56. The molecule has 0 radical (unpaired) electrons. The van der Waals surface area contributed by atoms with Crippen molar-refractivity contribution in [1.82, 2.24) is 5.32 Å². The lowest BCUT2D eigenvalue weighted by Gasteiger charge is -2.05. The van der Waals surface area contributed by atoms with Gasteiger partial charge in [-0.15, -0.1) is 0 Å². The Kier molecular flexibility index (Phi) is 11.0. The van der Waals surface area contributed by atoms with Crippen molar-refractivity contribution in [3.63, 3.8) is 0 Å². The Morgan fingerprint density at radius 1 is 1.06 bits per heavy atom.